The van der Waals surface area contributed by atoms with Crippen molar-refractivity contribution < 1.29 is 14.3 Å². The fraction of sp³-hybridized carbons (Fsp3) is 0.167. The summed E-state index contributed by atoms with van der Waals surface area (Å²) in [6.07, 6.45) is 2.28. The molecule has 1 aliphatic rings. The van der Waals surface area contributed by atoms with Gasteiger partial charge in [-0.05, 0) is 35.0 Å². The maximum absolute atomic E-state index is 12.7. The van der Waals surface area contributed by atoms with Crippen molar-refractivity contribution in [3.63, 3.8) is 0 Å². The third-order valence-corrected chi connectivity index (χ3v) is 5.88. The Morgan fingerprint density at radius 1 is 1.19 bits per heavy atom. The van der Waals surface area contributed by atoms with Gasteiger partial charge in [-0.3, -0.25) is 4.79 Å². The Morgan fingerprint density at radius 2 is 2.04 bits per heavy atom. The zero-order valence-electron chi connectivity index (χ0n) is 13.6. The Morgan fingerprint density at radius 3 is 2.73 bits per heavy atom. The lowest BCUT2D eigenvalue weighted by Crippen LogP contribution is -2.31. The number of hydrazone groups is 1. The summed E-state index contributed by atoms with van der Waals surface area (Å²) in [6, 6.07) is 11.0. The smallest absolute Gasteiger partial charge is 0.355 e. The highest BCUT2D eigenvalue weighted by atomic mass is 32.1. The molecule has 0 saturated heterocycles. The second-order valence-electron chi connectivity index (χ2n) is 5.66. The van der Waals surface area contributed by atoms with Crippen LogP contribution in [-0.2, 0) is 9.53 Å². The van der Waals surface area contributed by atoms with Gasteiger partial charge in [0.25, 0.3) is 5.91 Å². The molecule has 0 fully saturated rings. The van der Waals surface area contributed by atoms with Gasteiger partial charge in [-0.15, -0.1) is 22.7 Å². The van der Waals surface area contributed by atoms with E-state index in [0.717, 1.165) is 15.5 Å². The molecular formula is C18H15N3O3S2. The fourth-order valence-corrected chi connectivity index (χ4v) is 4.30. The predicted molar refractivity (Wildman–Crippen MR) is 100 cm³/mol. The van der Waals surface area contributed by atoms with Crippen LogP contribution in [0, 0.1) is 0 Å². The fourth-order valence-electron chi connectivity index (χ4n) is 2.76. The molecule has 0 radical (unpaired) electrons. The number of hydrogen-bond acceptors (Lipinski definition) is 6. The van der Waals surface area contributed by atoms with Gasteiger partial charge in [0.2, 0.25) is 0 Å². The number of aromatic amines is 1. The summed E-state index contributed by atoms with van der Waals surface area (Å²) in [5.74, 6) is -0.896. The normalized spacial score (nSPS) is 16.5. The SMILES string of the molecule is O=C(OCC(=O)N1N=C(c2cccs2)C[C@@H]1c1cccs1)c1ccc[nH]1. The van der Waals surface area contributed by atoms with Crippen LogP contribution in [0.25, 0.3) is 0 Å². The largest absolute Gasteiger partial charge is 0.451 e. The molecule has 4 heterocycles. The summed E-state index contributed by atoms with van der Waals surface area (Å²) in [5, 5.41) is 9.94. The molecule has 3 aromatic heterocycles. The number of H-pyrrole nitrogens is 1. The maximum atomic E-state index is 12.7. The van der Waals surface area contributed by atoms with Gasteiger partial charge in [0.05, 0.1) is 16.6 Å². The first-order valence-corrected chi connectivity index (χ1v) is 9.75. The predicted octanol–water partition coefficient (Wildman–Crippen LogP) is 3.67. The van der Waals surface area contributed by atoms with E-state index in [0.29, 0.717) is 12.1 Å². The Balaban J connectivity index is 1.50. The molecule has 3 aromatic rings. The molecule has 1 amide bonds. The molecule has 0 aromatic carbocycles. The number of esters is 1. The Bertz CT molecular complexity index is 915. The minimum absolute atomic E-state index is 0.163. The number of ether oxygens (including phenoxy) is 1. The number of amides is 1. The van der Waals surface area contributed by atoms with Crippen molar-refractivity contribution >= 4 is 40.3 Å². The highest BCUT2D eigenvalue weighted by Crippen LogP contribution is 2.35. The topological polar surface area (TPSA) is 74.8 Å². The average molecular weight is 385 g/mol. The van der Waals surface area contributed by atoms with Gasteiger partial charge in [-0.25, -0.2) is 9.80 Å². The van der Waals surface area contributed by atoms with Crippen LogP contribution < -0.4 is 0 Å². The van der Waals surface area contributed by atoms with Crippen LogP contribution in [0.1, 0.15) is 32.7 Å². The van der Waals surface area contributed by atoms with E-state index in [2.05, 4.69) is 10.1 Å². The van der Waals surface area contributed by atoms with Crippen LogP contribution in [0.5, 0.6) is 0 Å². The highest BCUT2D eigenvalue weighted by molar-refractivity contribution is 7.12. The van der Waals surface area contributed by atoms with Gasteiger partial charge in [-0.2, -0.15) is 5.10 Å². The summed E-state index contributed by atoms with van der Waals surface area (Å²) in [4.78, 5) is 29.5. The molecule has 8 heteroatoms. The first-order valence-electron chi connectivity index (χ1n) is 7.99. The molecule has 0 saturated carbocycles. The zero-order valence-corrected chi connectivity index (χ0v) is 15.3. The van der Waals surface area contributed by atoms with Crippen molar-refractivity contribution in [1.29, 1.82) is 0 Å². The van der Waals surface area contributed by atoms with Gasteiger partial charge in [0.1, 0.15) is 5.69 Å². The summed E-state index contributed by atoms with van der Waals surface area (Å²) < 4.78 is 5.13. The van der Waals surface area contributed by atoms with E-state index >= 15 is 0 Å². The first-order chi connectivity index (χ1) is 12.7. The molecule has 1 atom stereocenters. The molecule has 0 unspecified atom stereocenters. The molecule has 26 heavy (non-hydrogen) atoms. The molecular weight excluding hydrogens is 370 g/mol. The maximum Gasteiger partial charge on any atom is 0.355 e. The summed E-state index contributed by atoms with van der Waals surface area (Å²) in [7, 11) is 0. The summed E-state index contributed by atoms with van der Waals surface area (Å²) in [6.45, 7) is -0.346. The van der Waals surface area contributed by atoms with Crippen LogP contribution in [0.15, 0.2) is 58.5 Å². The zero-order chi connectivity index (χ0) is 17.9. The Hall–Kier alpha value is -2.71. The number of nitrogens with one attached hydrogen (secondary N) is 1. The lowest BCUT2D eigenvalue weighted by atomic mass is 10.1. The second-order valence-corrected chi connectivity index (χ2v) is 7.58. The number of carbonyl (C=O) groups excluding carboxylic acids is 2. The number of nitrogens with zero attached hydrogens (tertiary/aromatic N) is 2. The third kappa shape index (κ3) is 3.33. The highest BCUT2D eigenvalue weighted by Gasteiger charge is 2.34. The standard InChI is InChI=1S/C18H15N3O3S2/c22-17(11-24-18(23)12-4-1-7-19-12)21-14(16-6-3-9-26-16)10-13(20-21)15-5-2-8-25-15/h1-9,14,19H,10-11H2/t14-/m1/s1. The Kier molecular flexibility index (Phi) is 4.68. The second kappa shape index (κ2) is 7.27. The van der Waals surface area contributed by atoms with Crippen LogP contribution in [-0.4, -0.2) is 34.2 Å². The van der Waals surface area contributed by atoms with E-state index in [1.807, 2.05) is 35.0 Å². The van der Waals surface area contributed by atoms with E-state index in [4.69, 9.17) is 4.74 Å². The van der Waals surface area contributed by atoms with Crippen molar-refractivity contribution in [2.24, 2.45) is 5.10 Å². The molecule has 1 N–H and O–H groups in total. The number of aromatic nitrogens is 1. The van der Waals surface area contributed by atoms with Crippen molar-refractivity contribution in [1.82, 2.24) is 9.99 Å². The van der Waals surface area contributed by atoms with Crippen molar-refractivity contribution in [3.8, 4) is 0 Å². The summed E-state index contributed by atoms with van der Waals surface area (Å²) in [5.41, 5.74) is 1.19. The van der Waals surface area contributed by atoms with Gasteiger partial charge in [0, 0.05) is 17.5 Å². The number of carbonyl (C=O) groups is 2. The van der Waals surface area contributed by atoms with Gasteiger partial charge >= 0.3 is 5.97 Å². The van der Waals surface area contributed by atoms with Crippen molar-refractivity contribution in [2.45, 2.75) is 12.5 Å². The first kappa shape index (κ1) is 16.7. The third-order valence-electron chi connectivity index (χ3n) is 3.99. The van der Waals surface area contributed by atoms with E-state index in [9.17, 15) is 9.59 Å². The average Bonchev–Trinajstić information content (AvgIpc) is 3.42. The molecule has 132 valence electrons. The van der Waals surface area contributed by atoms with E-state index in [1.165, 1.54) is 5.01 Å². The van der Waals surface area contributed by atoms with Crippen LogP contribution in [0.3, 0.4) is 0 Å². The van der Waals surface area contributed by atoms with E-state index in [1.54, 1.807) is 41.0 Å². The van der Waals surface area contributed by atoms with Crippen LogP contribution in [0.2, 0.25) is 0 Å². The monoisotopic (exact) mass is 385 g/mol. The summed E-state index contributed by atoms with van der Waals surface area (Å²) >= 11 is 3.18. The van der Waals surface area contributed by atoms with Crippen LogP contribution in [0.4, 0.5) is 0 Å². The molecule has 0 spiro atoms. The van der Waals surface area contributed by atoms with E-state index in [-0.39, 0.29) is 18.6 Å². The van der Waals surface area contributed by atoms with Crippen molar-refractivity contribution in [3.05, 3.63) is 68.8 Å². The Labute approximate surface area is 157 Å². The van der Waals surface area contributed by atoms with E-state index < -0.39 is 5.97 Å². The van der Waals surface area contributed by atoms with Gasteiger partial charge in [0.15, 0.2) is 6.61 Å². The van der Waals surface area contributed by atoms with Crippen molar-refractivity contribution in [2.75, 3.05) is 6.61 Å². The number of hydrogen-bond donors (Lipinski definition) is 1. The quantitative estimate of drug-likeness (QED) is 0.681. The lowest BCUT2D eigenvalue weighted by Gasteiger charge is -2.20. The van der Waals surface area contributed by atoms with Crippen LogP contribution >= 0.6 is 22.7 Å². The number of rotatable bonds is 5. The molecule has 1 aliphatic heterocycles. The molecule has 0 bridgehead atoms. The lowest BCUT2D eigenvalue weighted by molar-refractivity contribution is -0.136. The molecule has 4 rings (SSSR count). The van der Waals surface area contributed by atoms with Gasteiger partial charge < -0.3 is 9.72 Å². The molecule has 0 aliphatic carbocycles. The molecule has 6 nitrogen and oxygen atoms in total. The minimum atomic E-state index is -0.558. The van der Waals surface area contributed by atoms with Gasteiger partial charge in [-0.1, -0.05) is 12.1 Å². The number of thiophene rings is 2. The minimum Gasteiger partial charge on any atom is -0.451 e.